The Hall–Kier alpha value is -2.28. The number of hydrogen-bond acceptors (Lipinski definition) is 3. The quantitative estimate of drug-likeness (QED) is 0.858. The minimum absolute atomic E-state index is 0.0924. The van der Waals surface area contributed by atoms with Crippen LogP contribution in [0.5, 0.6) is 0 Å². The SMILES string of the molecule is CC(C)n1nc(CCC(=O)NCc2cc(F)cc(F)c2)c2c1CCOC2. The molecule has 0 aliphatic carbocycles. The first kappa shape index (κ1) is 18.5. The van der Waals surface area contributed by atoms with E-state index in [4.69, 9.17) is 4.74 Å². The highest BCUT2D eigenvalue weighted by molar-refractivity contribution is 5.76. The van der Waals surface area contributed by atoms with Gasteiger partial charge in [-0.3, -0.25) is 9.48 Å². The van der Waals surface area contributed by atoms with E-state index < -0.39 is 11.6 Å². The third-order valence-electron chi connectivity index (χ3n) is 4.42. The molecule has 2 aromatic rings. The van der Waals surface area contributed by atoms with E-state index >= 15 is 0 Å². The van der Waals surface area contributed by atoms with E-state index in [0.717, 1.165) is 23.7 Å². The molecule has 1 aromatic heterocycles. The van der Waals surface area contributed by atoms with Gasteiger partial charge in [0.1, 0.15) is 11.6 Å². The predicted molar refractivity (Wildman–Crippen MR) is 92.5 cm³/mol. The van der Waals surface area contributed by atoms with E-state index in [1.54, 1.807) is 0 Å². The van der Waals surface area contributed by atoms with Crippen LogP contribution < -0.4 is 5.32 Å². The molecule has 0 saturated carbocycles. The third kappa shape index (κ3) is 4.27. The number of aromatic nitrogens is 2. The molecule has 0 unspecified atom stereocenters. The molecule has 140 valence electrons. The van der Waals surface area contributed by atoms with Gasteiger partial charge < -0.3 is 10.1 Å². The number of carbonyl (C=O) groups excluding carboxylic acids is 1. The Morgan fingerprint density at radius 1 is 1.31 bits per heavy atom. The summed E-state index contributed by atoms with van der Waals surface area (Å²) < 4.78 is 33.9. The van der Waals surface area contributed by atoms with Crippen LogP contribution in [-0.4, -0.2) is 22.3 Å². The number of ether oxygens (including phenoxy) is 1. The van der Waals surface area contributed by atoms with Crippen molar-refractivity contribution in [3.8, 4) is 0 Å². The smallest absolute Gasteiger partial charge is 0.220 e. The fourth-order valence-corrected chi connectivity index (χ4v) is 3.19. The summed E-state index contributed by atoms with van der Waals surface area (Å²) in [5, 5.41) is 7.36. The van der Waals surface area contributed by atoms with Gasteiger partial charge in [-0.25, -0.2) is 8.78 Å². The molecule has 26 heavy (non-hydrogen) atoms. The lowest BCUT2D eigenvalue weighted by Crippen LogP contribution is -2.23. The normalized spacial score (nSPS) is 13.7. The summed E-state index contributed by atoms with van der Waals surface area (Å²) in [4.78, 5) is 12.1. The lowest BCUT2D eigenvalue weighted by molar-refractivity contribution is -0.121. The van der Waals surface area contributed by atoms with E-state index in [2.05, 4.69) is 24.3 Å². The molecule has 1 aromatic carbocycles. The average molecular weight is 363 g/mol. The van der Waals surface area contributed by atoms with Crippen molar-refractivity contribution in [3.63, 3.8) is 0 Å². The monoisotopic (exact) mass is 363 g/mol. The molecule has 0 bridgehead atoms. The first-order valence-corrected chi connectivity index (χ1v) is 8.82. The highest BCUT2D eigenvalue weighted by Gasteiger charge is 2.22. The number of halogens is 2. The van der Waals surface area contributed by atoms with E-state index in [-0.39, 0.29) is 24.9 Å². The van der Waals surface area contributed by atoms with Gasteiger partial charge >= 0.3 is 0 Å². The number of aryl methyl sites for hydroxylation is 1. The molecule has 1 amide bonds. The van der Waals surface area contributed by atoms with Gasteiger partial charge in [0.2, 0.25) is 5.91 Å². The molecule has 0 saturated heterocycles. The van der Waals surface area contributed by atoms with E-state index in [0.29, 0.717) is 25.2 Å². The van der Waals surface area contributed by atoms with Crippen molar-refractivity contribution in [2.75, 3.05) is 6.61 Å². The summed E-state index contributed by atoms with van der Waals surface area (Å²) in [5.41, 5.74) is 3.56. The Morgan fingerprint density at radius 3 is 2.73 bits per heavy atom. The number of carbonyl (C=O) groups is 1. The number of fused-ring (bicyclic) bond motifs is 1. The maximum absolute atomic E-state index is 13.2. The molecule has 1 N–H and O–H groups in total. The second-order valence-corrected chi connectivity index (χ2v) is 6.77. The Labute approximate surface area is 151 Å². The van der Waals surface area contributed by atoms with Crippen LogP contribution in [0.15, 0.2) is 18.2 Å². The van der Waals surface area contributed by atoms with Gasteiger partial charge in [-0.15, -0.1) is 0 Å². The van der Waals surface area contributed by atoms with Crippen LogP contribution in [0.3, 0.4) is 0 Å². The fourth-order valence-electron chi connectivity index (χ4n) is 3.19. The number of amides is 1. The molecule has 1 aliphatic heterocycles. The highest BCUT2D eigenvalue weighted by atomic mass is 19.1. The number of benzene rings is 1. The summed E-state index contributed by atoms with van der Waals surface area (Å²) in [6.07, 6.45) is 1.60. The largest absolute Gasteiger partial charge is 0.376 e. The average Bonchev–Trinajstić information content (AvgIpc) is 2.96. The summed E-state index contributed by atoms with van der Waals surface area (Å²) in [7, 11) is 0. The minimum atomic E-state index is -0.653. The molecular formula is C19H23F2N3O2. The van der Waals surface area contributed by atoms with Crippen LogP contribution in [0.2, 0.25) is 0 Å². The Morgan fingerprint density at radius 2 is 2.04 bits per heavy atom. The lowest BCUT2D eigenvalue weighted by atomic mass is 10.1. The molecule has 5 nitrogen and oxygen atoms in total. The Balaban J connectivity index is 1.59. The molecule has 1 aliphatic rings. The summed E-state index contributed by atoms with van der Waals surface area (Å²) in [6, 6.07) is 3.48. The predicted octanol–water partition coefficient (Wildman–Crippen LogP) is 3.06. The molecule has 0 fully saturated rings. The van der Waals surface area contributed by atoms with Crippen molar-refractivity contribution in [3.05, 3.63) is 52.3 Å². The van der Waals surface area contributed by atoms with Gasteiger partial charge in [0, 0.05) is 49.2 Å². The topological polar surface area (TPSA) is 56.2 Å². The zero-order valence-corrected chi connectivity index (χ0v) is 15.0. The summed E-state index contributed by atoms with van der Waals surface area (Å²) in [5.74, 6) is -1.49. The first-order valence-electron chi connectivity index (χ1n) is 8.82. The van der Waals surface area contributed by atoms with Crippen LogP contribution in [0.1, 0.15) is 48.8 Å². The number of rotatable bonds is 6. The van der Waals surface area contributed by atoms with E-state index in [9.17, 15) is 13.6 Å². The molecule has 0 spiro atoms. The molecule has 0 radical (unpaired) electrons. The van der Waals surface area contributed by atoms with Crippen LogP contribution in [-0.2, 0) is 35.5 Å². The van der Waals surface area contributed by atoms with Crippen LogP contribution in [0.25, 0.3) is 0 Å². The minimum Gasteiger partial charge on any atom is -0.376 e. The van der Waals surface area contributed by atoms with Crippen LogP contribution >= 0.6 is 0 Å². The van der Waals surface area contributed by atoms with E-state index in [1.165, 1.54) is 17.8 Å². The highest BCUT2D eigenvalue weighted by Crippen LogP contribution is 2.24. The lowest BCUT2D eigenvalue weighted by Gasteiger charge is -2.16. The molecule has 2 heterocycles. The van der Waals surface area contributed by atoms with Gasteiger partial charge in [0.25, 0.3) is 0 Å². The second kappa shape index (κ2) is 7.95. The number of nitrogens with zero attached hydrogens (tertiary/aromatic N) is 2. The maximum atomic E-state index is 13.2. The van der Waals surface area contributed by atoms with Gasteiger partial charge in [0.05, 0.1) is 18.9 Å². The number of nitrogens with one attached hydrogen (secondary N) is 1. The second-order valence-electron chi connectivity index (χ2n) is 6.77. The van der Waals surface area contributed by atoms with Crippen molar-refractivity contribution >= 4 is 5.91 Å². The van der Waals surface area contributed by atoms with Crippen LogP contribution in [0.4, 0.5) is 8.78 Å². The van der Waals surface area contributed by atoms with Crippen molar-refractivity contribution in [1.29, 1.82) is 0 Å². The molecule has 0 atom stereocenters. The van der Waals surface area contributed by atoms with Gasteiger partial charge in [-0.2, -0.15) is 5.10 Å². The first-order chi connectivity index (χ1) is 12.4. The fraction of sp³-hybridized carbons (Fsp3) is 0.474. The maximum Gasteiger partial charge on any atom is 0.220 e. The van der Waals surface area contributed by atoms with Crippen molar-refractivity contribution in [2.45, 2.75) is 52.3 Å². The Kier molecular flexibility index (Phi) is 5.66. The van der Waals surface area contributed by atoms with Gasteiger partial charge in [-0.1, -0.05) is 0 Å². The number of hydrogen-bond donors (Lipinski definition) is 1. The zero-order valence-electron chi connectivity index (χ0n) is 15.0. The van der Waals surface area contributed by atoms with Gasteiger partial charge in [0.15, 0.2) is 0 Å². The summed E-state index contributed by atoms with van der Waals surface area (Å²) >= 11 is 0. The Bertz CT molecular complexity index is 782. The standard InChI is InChI=1S/C19H23F2N3O2/c1-12(2)24-18-5-6-26-11-16(18)17(23-24)3-4-19(25)22-10-13-7-14(20)9-15(21)8-13/h7-9,12H,3-6,10-11H2,1-2H3,(H,22,25). The molecular weight excluding hydrogens is 340 g/mol. The third-order valence-corrected chi connectivity index (χ3v) is 4.42. The van der Waals surface area contributed by atoms with Crippen molar-refractivity contribution < 1.29 is 18.3 Å². The van der Waals surface area contributed by atoms with Crippen molar-refractivity contribution in [1.82, 2.24) is 15.1 Å². The zero-order chi connectivity index (χ0) is 18.7. The van der Waals surface area contributed by atoms with Crippen LogP contribution in [0, 0.1) is 11.6 Å². The van der Waals surface area contributed by atoms with Gasteiger partial charge in [-0.05, 0) is 31.5 Å². The summed E-state index contributed by atoms with van der Waals surface area (Å²) in [6.45, 7) is 5.47. The molecule has 3 rings (SSSR count). The van der Waals surface area contributed by atoms with Crippen molar-refractivity contribution in [2.24, 2.45) is 0 Å². The van der Waals surface area contributed by atoms with E-state index in [1.807, 2.05) is 4.68 Å². The molecule has 7 heteroatoms.